The average Bonchev–Trinajstić information content (AvgIpc) is 2.95. The molecule has 4 N–H and O–H groups in total. The first-order valence-electron chi connectivity index (χ1n) is 8.21. The zero-order chi connectivity index (χ0) is 15.1. The molecule has 120 valence electrons. The van der Waals surface area contributed by atoms with Gasteiger partial charge in [-0.3, -0.25) is 4.79 Å². The van der Waals surface area contributed by atoms with E-state index < -0.39 is 5.54 Å². The van der Waals surface area contributed by atoms with Crippen LogP contribution in [-0.2, 0) is 4.79 Å². The van der Waals surface area contributed by atoms with Crippen molar-refractivity contribution in [2.24, 2.45) is 5.92 Å². The van der Waals surface area contributed by atoms with Crippen molar-refractivity contribution in [3.8, 4) is 0 Å². The molecule has 2 aliphatic rings. The van der Waals surface area contributed by atoms with Gasteiger partial charge in [0.2, 0.25) is 5.91 Å². The van der Waals surface area contributed by atoms with E-state index in [4.69, 9.17) is 0 Å². The van der Waals surface area contributed by atoms with E-state index in [0.717, 1.165) is 45.2 Å². The van der Waals surface area contributed by atoms with E-state index in [0.29, 0.717) is 19.0 Å². The highest BCUT2D eigenvalue weighted by Gasteiger charge is 2.42. The van der Waals surface area contributed by atoms with Crippen LogP contribution in [0.3, 0.4) is 0 Å². The van der Waals surface area contributed by atoms with Gasteiger partial charge in [0, 0.05) is 13.1 Å². The Morgan fingerprint density at radius 2 is 1.95 bits per heavy atom. The Kier molecular flexibility index (Phi) is 5.85. The Balaban J connectivity index is 1.87. The Bertz CT molecular complexity index is 361. The maximum atomic E-state index is 12.6. The van der Waals surface area contributed by atoms with Crippen LogP contribution in [0.4, 0.5) is 4.79 Å². The van der Waals surface area contributed by atoms with Gasteiger partial charge in [-0.2, -0.15) is 0 Å². The van der Waals surface area contributed by atoms with Crippen LogP contribution in [0.15, 0.2) is 0 Å². The fourth-order valence-corrected chi connectivity index (χ4v) is 3.31. The van der Waals surface area contributed by atoms with Crippen molar-refractivity contribution >= 4 is 11.9 Å². The van der Waals surface area contributed by atoms with Crippen molar-refractivity contribution < 1.29 is 9.59 Å². The van der Waals surface area contributed by atoms with Gasteiger partial charge in [-0.05, 0) is 51.6 Å². The van der Waals surface area contributed by atoms with Crippen molar-refractivity contribution in [3.05, 3.63) is 0 Å². The molecule has 2 fully saturated rings. The van der Waals surface area contributed by atoms with Crippen LogP contribution in [0.2, 0.25) is 0 Å². The van der Waals surface area contributed by atoms with E-state index in [-0.39, 0.29) is 11.9 Å². The number of amides is 3. The van der Waals surface area contributed by atoms with Gasteiger partial charge in [0.15, 0.2) is 0 Å². The second-order valence-corrected chi connectivity index (χ2v) is 6.20. The predicted molar refractivity (Wildman–Crippen MR) is 82.0 cm³/mol. The van der Waals surface area contributed by atoms with Crippen LogP contribution < -0.4 is 21.3 Å². The smallest absolute Gasteiger partial charge is 0.315 e. The number of carbonyl (C=O) groups excluding carboxylic acids is 2. The highest BCUT2D eigenvalue weighted by molar-refractivity contribution is 5.91. The Hall–Kier alpha value is -1.30. The monoisotopic (exact) mass is 296 g/mol. The molecule has 3 amide bonds. The number of hydrogen-bond acceptors (Lipinski definition) is 3. The van der Waals surface area contributed by atoms with E-state index in [2.05, 4.69) is 21.3 Å². The zero-order valence-electron chi connectivity index (χ0n) is 13.0. The summed E-state index contributed by atoms with van der Waals surface area (Å²) < 4.78 is 0. The topological polar surface area (TPSA) is 82.3 Å². The second-order valence-electron chi connectivity index (χ2n) is 6.20. The van der Waals surface area contributed by atoms with Gasteiger partial charge in [-0.25, -0.2) is 4.79 Å². The van der Waals surface area contributed by atoms with Crippen molar-refractivity contribution in [2.75, 3.05) is 26.2 Å². The van der Waals surface area contributed by atoms with Gasteiger partial charge in [0.1, 0.15) is 5.54 Å². The molecule has 21 heavy (non-hydrogen) atoms. The largest absolute Gasteiger partial charge is 0.354 e. The summed E-state index contributed by atoms with van der Waals surface area (Å²) in [6, 6.07) is -0.242. The normalized spacial score (nSPS) is 24.3. The molecular formula is C15H28N4O2. The molecule has 0 spiro atoms. The van der Waals surface area contributed by atoms with Crippen LogP contribution >= 0.6 is 0 Å². The first kappa shape index (κ1) is 16.1. The van der Waals surface area contributed by atoms with E-state index in [1.54, 1.807) is 0 Å². The molecule has 1 unspecified atom stereocenters. The lowest BCUT2D eigenvalue weighted by Gasteiger charge is -2.30. The first-order valence-corrected chi connectivity index (χ1v) is 8.21. The fourth-order valence-electron chi connectivity index (χ4n) is 3.31. The molecule has 1 aliphatic carbocycles. The molecule has 0 bridgehead atoms. The van der Waals surface area contributed by atoms with Crippen molar-refractivity contribution in [2.45, 2.75) is 51.0 Å². The van der Waals surface area contributed by atoms with E-state index in [1.165, 1.54) is 6.42 Å². The van der Waals surface area contributed by atoms with Crippen LogP contribution in [0.5, 0.6) is 0 Å². The summed E-state index contributed by atoms with van der Waals surface area (Å²) in [6.07, 6.45) is 5.78. The number of carbonyl (C=O) groups is 2. The summed E-state index contributed by atoms with van der Waals surface area (Å²) in [7, 11) is 0. The lowest BCUT2D eigenvalue weighted by Crippen LogP contribution is -2.59. The van der Waals surface area contributed by atoms with Crippen molar-refractivity contribution in [1.82, 2.24) is 21.3 Å². The quantitative estimate of drug-likeness (QED) is 0.604. The number of piperidine rings is 1. The van der Waals surface area contributed by atoms with Crippen LogP contribution in [-0.4, -0.2) is 43.7 Å². The summed E-state index contributed by atoms with van der Waals surface area (Å²) in [5.74, 6) is 0.488. The third-order valence-corrected chi connectivity index (χ3v) is 4.53. The molecular weight excluding hydrogens is 268 g/mol. The molecule has 0 aromatic carbocycles. The Morgan fingerprint density at radius 3 is 2.57 bits per heavy atom. The summed E-state index contributed by atoms with van der Waals surface area (Å²) in [6.45, 7) is 5.18. The van der Waals surface area contributed by atoms with Crippen molar-refractivity contribution in [1.29, 1.82) is 0 Å². The molecule has 1 saturated heterocycles. The van der Waals surface area contributed by atoms with Gasteiger partial charge < -0.3 is 21.3 Å². The maximum Gasteiger partial charge on any atom is 0.315 e. The third-order valence-electron chi connectivity index (χ3n) is 4.53. The predicted octanol–water partition coefficient (Wildman–Crippen LogP) is 0.734. The minimum Gasteiger partial charge on any atom is -0.354 e. The molecule has 0 radical (unpaired) electrons. The molecule has 0 aromatic rings. The van der Waals surface area contributed by atoms with Crippen molar-refractivity contribution in [3.63, 3.8) is 0 Å². The van der Waals surface area contributed by atoms with E-state index >= 15 is 0 Å². The van der Waals surface area contributed by atoms with Gasteiger partial charge in [0.05, 0.1) is 0 Å². The highest BCUT2D eigenvalue weighted by atomic mass is 16.2. The SMILES string of the molecule is CCNC(=O)NC1(C(=O)NCC2CCCNC2)CCCC1. The van der Waals surface area contributed by atoms with Crippen LogP contribution in [0.1, 0.15) is 45.4 Å². The van der Waals surface area contributed by atoms with Gasteiger partial charge in [-0.15, -0.1) is 0 Å². The molecule has 1 saturated carbocycles. The minimum absolute atomic E-state index is 0.0168. The molecule has 1 heterocycles. The van der Waals surface area contributed by atoms with E-state index in [9.17, 15) is 9.59 Å². The molecule has 0 aromatic heterocycles. The number of nitrogens with one attached hydrogen (secondary N) is 4. The van der Waals surface area contributed by atoms with Crippen LogP contribution in [0, 0.1) is 5.92 Å². The summed E-state index contributed by atoms with van der Waals surface area (Å²) in [5, 5.41) is 12.0. The van der Waals surface area contributed by atoms with Crippen LogP contribution in [0.25, 0.3) is 0 Å². The number of urea groups is 1. The van der Waals surface area contributed by atoms with E-state index in [1.807, 2.05) is 6.92 Å². The summed E-state index contributed by atoms with van der Waals surface area (Å²) in [5.41, 5.74) is -0.707. The third kappa shape index (κ3) is 4.33. The highest BCUT2D eigenvalue weighted by Crippen LogP contribution is 2.30. The molecule has 1 aliphatic heterocycles. The van der Waals surface area contributed by atoms with Gasteiger partial charge >= 0.3 is 6.03 Å². The van der Waals surface area contributed by atoms with Gasteiger partial charge in [0.25, 0.3) is 0 Å². The fraction of sp³-hybridized carbons (Fsp3) is 0.867. The number of hydrogen-bond donors (Lipinski definition) is 4. The standard InChI is InChI=1S/C15H28N4O2/c1-2-17-14(21)19-15(7-3-4-8-15)13(20)18-11-12-6-5-9-16-10-12/h12,16H,2-11H2,1H3,(H,18,20)(H2,17,19,21). The molecule has 6 nitrogen and oxygen atoms in total. The van der Waals surface area contributed by atoms with Gasteiger partial charge in [-0.1, -0.05) is 12.8 Å². The lowest BCUT2D eigenvalue weighted by molar-refractivity contribution is -0.127. The molecule has 2 rings (SSSR count). The maximum absolute atomic E-state index is 12.6. The molecule has 1 atom stereocenters. The zero-order valence-corrected chi connectivity index (χ0v) is 13.0. The molecule has 6 heteroatoms. The Morgan fingerprint density at radius 1 is 1.19 bits per heavy atom. The summed E-state index contributed by atoms with van der Waals surface area (Å²) >= 11 is 0. The Labute approximate surface area is 126 Å². The number of rotatable bonds is 5. The average molecular weight is 296 g/mol. The summed E-state index contributed by atoms with van der Waals surface area (Å²) in [4.78, 5) is 24.4. The minimum atomic E-state index is -0.707. The second kappa shape index (κ2) is 7.64. The first-order chi connectivity index (χ1) is 10.2. The lowest BCUT2D eigenvalue weighted by atomic mass is 9.95.